The normalized spacial score (nSPS) is 22.3. The molecular formula is C15H15FN2O2. The van der Waals surface area contributed by atoms with Gasteiger partial charge in [-0.2, -0.15) is 0 Å². The summed E-state index contributed by atoms with van der Waals surface area (Å²) in [6, 6.07) is 4.43. The Balaban J connectivity index is 2.11. The highest BCUT2D eigenvalue weighted by Gasteiger charge is 2.33. The third-order valence-corrected chi connectivity index (χ3v) is 3.96. The predicted molar refractivity (Wildman–Crippen MR) is 72.9 cm³/mol. The van der Waals surface area contributed by atoms with Gasteiger partial charge in [0.05, 0.1) is 17.0 Å². The molecule has 0 saturated carbocycles. The lowest BCUT2D eigenvalue weighted by Gasteiger charge is -2.24. The predicted octanol–water partition coefficient (Wildman–Crippen LogP) is 2.85. The third kappa shape index (κ3) is 1.99. The summed E-state index contributed by atoms with van der Waals surface area (Å²) in [4.78, 5) is 15.9. The van der Waals surface area contributed by atoms with E-state index in [1.54, 1.807) is 17.7 Å². The Morgan fingerprint density at radius 2 is 2.15 bits per heavy atom. The number of imidazole rings is 1. The van der Waals surface area contributed by atoms with Gasteiger partial charge in [0.2, 0.25) is 0 Å². The Bertz CT molecular complexity index is 705. The first-order valence-electron chi connectivity index (χ1n) is 6.57. The zero-order valence-corrected chi connectivity index (χ0v) is 11.1. The fraction of sp³-hybridized carbons (Fsp3) is 0.333. The maximum absolute atomic E-state index is 13.3. The molecule has 0 amide bonds. The summed E-state index contributed by atoms with van der Waals surface area (Å²) >= 11 is 0. The SMILES string of the molecule is Cn1c([C@@H]2CC=CC[C@@H]2C(=O)O)nc2ccc(F)cc21. The van der Waals surface area contributed by atoms with Crippen molar-refractivity contribution in [2.75, 3.05) is 0 Å². The van der Waals surface area contributed by atoms with E-state index in [1.807, 2.05) is 12.2 Å². The van der Waals surface area contributed by atoms with Crippen LogP contribution in [0.5, 0.6) is 0 Å². The number of rotatable bonds is 2. The number of aryl methyl sites for hydroxylation is 1. The first-order valence-corrected chi connectivity index (χ1v) is 6.57. The molecule has 3 rings (SSSR count). The molecule has 1 aliphatic rings. The second kappa shape index (κ2) is 4.74. The van der Waals surface area contributed by atoms with Crippen LogP contribution in [-0.2, 0) is 11.8 Å². The van der Waals surface area contributed by atoms with Gasteiger partial charge >= 0.3 is 5.97 Å². The summed E-state index contributed by atoms with van der Waals surface area (Å²) in [7, 11) is 1.81. The molecule has 1 N–H and O–H groups in total. The van der Waals surface area contributed by atoms with Crippen molar-refractivity contribution in [1.29, 1.82) is 0 Å². The first-order chi connectivity index (χ1) is 9.58. The van der Waals surface area contributed by atoms with E-state index in [9.17, 15) is 14.3 Å². The molecule has 0 unspecified atom stereocenters. The highest BCUT2D eigenvalue weighted by molar-refractivity contribution is 5.77. The Morgan fingerprint density at radius 1 is 1.40 bits per heavy atom. The van der Waals surface area contributed by atoms with E-state index in [2.05, 4.69) is 4.98 Å². The molecule has 0 spiro atoms. The number of aliphatic carboxylic acids is 1. The molecule has 0 fully saturated rings. The maximum Gasteiger partial charge on any atom is 0.307 e. The van der Waals surface area contributed by atoms with Gasteiger partial charge in [-0.3, -0.25) is 4.79 Å². The van der Waals surface area contributed by atoms with Gasteiger partial charge in [0.15, 0.2) is 0 Å². The summed E-state index contributed by atoms with van der Waals surface area (Å²) < 4.78 is 15.1. The van der Waals surface area contributed by atoms with E-state index >= 15 is 0 Å². The lowest BCUT2D eigenvalue weighted by molar-refractivity contribution is -0.142. The largest absolute Gasteiger partial charge is 0.481 e. The van der Waals surface area contributed by atoms with Crippen molar-refractivity contribution in [3.05, 3.63) is 42.0 Å². The molecule has 20 heavy (non-hydrogen) atoms. The third-order valence-electron chi connectivity index (χ3n) is 3.96. The molecule has 5 heteroatoms. The van der Waals surface area contributed by atoms with Gasteiger partial charge in [-0.15, -0.1) is 0 Å². The highest BCUT2D eigenvalue weighted by Crippen LogP contribution is 2.35. The zero-order valence-electron chi connectivity index (χ0n) is 11.1. The number of hydrogen-bond donors (Lipinski definition) is 1. The lowest BCUT2D eigenvalue weighted by Crippen LogP contribution is -2.25. The van der Waals surface area contributed by atoms with Crippen LogP contribution in [0.15, 0.2) is 30.4 Å². The molecule has 2 atom stereocenters. The van der Waals surface area contributed by atoms with E-state index in [0.29, 0.717) is 29.7 Å². The van der Waals surface area contributed by atoms with Gasteiger partial charge < -0.3 is 9.67 Å². The van der Waals surface area contributed by atoms with Gasteiger partial charge in [-0.05, 0) is 31.0 Å². The molecule has 2 aromatic rings. The molecule has 1 aromatic heterocycles. The van der Waals surface area contributed by atoms with Crippen LogP contribution in [0.2, 0.25) is 0 Å². The van der Waals surface area contributed by atoms with Crippen molar-refractivity contribution in [3.8, 4) is 0 Å². The minimum absolute atomic E-state index is 0.169. The van der Waals surface area contributed by atoms with E-state index in [1.165, 1.54) is 12.1 Å². The standard InChI is InChI=1S/C15H15FN2O2/c1-18-13-8-9(16)6-7-12(13)17-14(18)10-4-2-3-5-11(10)15(19)20/h2-3,6-8,10-11H,4-5H2,1H3,(H,19,20)/t10-,11+/m1/s1. The van der Waals surface area contributed by atoms with Crippen molar-refractivity contribution in [2.24, 2.45) is 13.0 Å². The van der Waals surface area contributed by atoms with Crippen molar-refractivity contribution in [1.82, 2.24) is 9.55 Å². The molecule has 1 heterocycles. The van der Waals surface area contributed by atoms with Crippen LogP contribution in [0.3, 0.4) is 0 Å². The number of nitrogens with zero attached hydrogens (tertiary/aromatic N) is 2. The fourth-order valence-electron chi connectivity index (χ4n) is 2.89. The molecule has 1 aromatic carbocycles. The van der Waals surface area contributed by atoms with E-state index < -0.39 is 11.9 Å². The number of benzene rings is 1. The van der Waals surface area contributed by atoms with Gasteiger partial charge in [0.25, 0.3) is 0 Å². The van der Waals surface area contributed by atoms with Crippen LogP contribution in [0.4, 0.5) is 4.39 Å². The molecule has 4 nitrogen and oxygen atoms in total. The Kier molecular flexibility index (Phi) is 3.04. The summed E-state index contributed by atoms with van der Waals surface area (Å²) in [5.74, 6) is -1.05. The summed E-state index contributed by atoms with van der Waals surface area (Å²) in [6.07, 6.45) is 5.05. The second-order valence-electron chi connectivity index (χ2n) is 5.16. The van der Waals surface area contributed by atoms with Gasteiger partial charge in [0, 0.05) is 13.0 Å². The van der Waals surface area contributed by atoms with Crippen LogP contribution >= 0.6 is 0 Å². The number of fused-ring (bicyclic) bond motifs is 1. The monoisotopic (exact) mass is 274 g/mol. The van der Waals surface area contributed by atoms with Crippen LogP contribution in [0, 0.1) is 11.7 Å². The van der Waals surface area contributed by atoms with E-state index in [-0.39, 0.29) is 11.7 Å². The number of allylic oxidation sites excluding steroid dienone is 2. The zero-order chi connectivity index (χ0) is 14.3. The van der Waals surface area contributed by atoms with Crippen LogP contribution in [0.1, 0.15) is 24.6 Å². The molecule has 0 bridgehead atoms. The summed E-state index contributed by atoms with van der Waals surface area (Å²) in [6.45, 7) is 0. The van der Waals surface area contributed by atoms with Crippen molar-refractivity contribution >= 4 is 17.0 Å². The topological polar surface area (TPSA) is 55.1 Å². The van der Waals surface area contributed by atoms with Crippen molar-refractivity contribution < 1.29 is 14.3 Å². The minimum Gasteiger partial charge on any atom is -0.481 e. The maximum atomic E-state index is 13.3. The van der Waals surface area contributed by atoms with E-state index in [4.69, 9.17) is 0 Å². The van der Waals surface area contributed by atoms with E-state index in [0.717, 1.165) is 0 Å². The van der Waals surface area contributed by atoms with Gasteiger partial charge in [0.1, 0.15) is 11.6 Å². The molecule has 0 radical (unpaired) electrons. The molecule has 1 aliphatic carbocycles. The Labute approximate surface area is 115 Å². The van der Waals surface area contributed by atoms with Crippen molar-refractivity contribution in [2.45, 2.75) is 18.8 Å². The van der Waals surface area contributed by atoms with Crippen LogP contribution in [0.25, 0.3) is 11.0 Å². The molecular weight excluding hydrogens is 259 g/mol. The average molecular weight is 274 g/mol. The minimum atomic E-state index is -0.808. The van der Waals surface area contributed by atoms with Crippen LogP contribution < -0.4 is 0 Å². The summed E-state index contributed by atoms with van der Waals surface area (Å²) in [5, 5.41) is 9.35. The second-order valence-corrected chi connectivity index (χ2v) is 5.16. The first kappa shape index (κ1) is 12.8. The number of aromatic nitrogens is 2. The quantitative estimate of drug-likeness (QED) is 0.857. The van der Waals surface area contributed by atoms with Gasteiger partial charge in [-0.1, -0.05) is 12.2 Å². The smallest absolute Gasteiger partial charge is 0.307 e. The fourth-order valence-corrected chi connectivity index (χ4v) is 2.89. The number of carbonyl (C=O) groups is 1. The Hall–Kier alpha value is -2.17. The van der Waals surface area contributed by atoms with Gasteiger partial charge in [-0.25, -0.2) is 9.37 Å². The highest BCUT2D eigenvalue weighted by atomic mass is 19.1. The number of carboxylic acid groups (broad SMARTS) is 1. The van der Waals surface area contributed by atoms with Crippen molar-refractivity contribution in [3.63, 3.8) is 0 Å². The average Bonchev–Trinajstić information content (AvgIpc) is 2.76. The number of hydrogen-bond acceptors (Lipinski definition) is 2. The molecule has 0 aliphatic heterocycles. The number of halogens is 1. The Morgan fingerprint density at radius 3 is 2.90 bits per heavy atom. The molecule has 104 valence electrons. The molecule has 0 saturated heterocycles. The number of carboxylic acids is 1. The summed E-state index contributed by atoms with van der Waals surface area (Å²) in [5.41, 5.74) is 1.39. The lowest BCUT2D eigenvalue weighted by atomic mass is 9.82. The van der Waals surface area contributed by atoms with Crippen LogP contribution in [-0.4, -0.2) is 20.6 Å².